The molecule has 1 spiro atoms. The predicted molar refractivity (Wildman–Crippen MR) is 162 cm³/mol. The van der Waals surface area contributed by atoms with Crippen LogP contribution in [0.25, 0.3) is 10.8 Å². The monoisotopic (exact) mass is 633 g/mol. The molecule has 5 rings (SSSR count). The predicted octanol–water partition coefficient (Wildman–Crippen LogP) is 2.11. The van der Waals surface area contributed by atoms with E-state index >= 15 is 0 Å². The van der Waals surface area contributed by atoms with Gasteiger partial charge in [-0.25, -0.2) is 21.6 Å². The summed E-state index contributed by atoms with van der Waals surface area (Å²) in [4.78, 5) is 0.371. The van der Waals surface area contributed by atoms with Crippen LogP contribution in [0.1, 0.15) is 19.3 Å². The fourth-order valence-corrected chi connectivity index (χ4v) is 8.11. The SMILES string of the molecule is COCCNS(=O)(=O)c1cccc(OCC(O)CNC2COC3(CCN(S(=O)(=O)c4ccc5ccccc5c4)CC3)C2)c1. The maximum absolute atomic E-state index is 13.4. The zero-order valence-electron chi connectivity index (χ0n) is 24.1. The molecule has 3 N–H and O–H groups in total. The molecule has 2 saturated heterocycles. The molecule has 2 fully saturated rings. The summed E-state index contributed by atoms with van der Waals surface area (Å²) in [6, 6.07) is 19.1. The molecule has 234 valence electrons. The van der Waals surface area contributed by atoms with Gasteiger partial charge in [-0.2, -0.15) is 4.31 Å². The zero-order valence-corrected chi connectivity index (χ0v) is 25.8. The van der Waals surface area contributed by atoms with Crippen molar-refractivity contribution < 1.29 is 36.2 Å². The van der Waals surface area contributed by atoms with Crippen molar-refractivity contribution in [3.63, 3.8) is 0 Å². The first-order valence-corrected chi connectivity index (χ1v) is 17.3. The Bertz CT molecular complexity index is 1610. The highest BCUT2D eigenvalue weighted by atomic mass is 32.2. The van der Waals surface area contributed by atoms with Crippen LogP contribution < -0.4 is 14.8 Å². The standard InChI is InChI=1S/C30H39N3O8S2/c1-39-16-13-32-42(35,36)28-8-4-7-27(18-28)40-22-26(34)20-31-25-19-30(41-21-25)11-14-33(15-12-30)43(37,38)29-10-9-23-5-2-3-6-24(23)17-29/h2-10,17-18,25-26,31-32,34H,11-16,19-22H2,1H3. The Morgan fingerprint density at radius 3 is 2.53 bits per heavy atom. The van der Waals surface area contributed by atoms with Crippen LogP contribution in [0, 0.1) is 0 Å². The molecule has 0 aromatic heterocycles. The molecular weight excluding hydrogens is 594 g/mol. The molecule has 0 aliphatic carbocycles. The first-order chi connectivity index (χ1) is 20.6. The summed E-state index contributed by atoms with van der Waals surface area (Å²) in [5.74, 6) is 0.335. The fraction of sp³-hybridized carbons (Fsp3) is 0.467. The van der Waals surface area contributed by atoms with Crippen molar-refractivity contribution in [3.8, 4) is 5.75 Å². The third-order valence-electron chi connectivity index (χ3n) is 8.00. The largest absolute Gasteiger partial charge is 0.491 e. The molecule has 3 aromatic carbocycles. The van der Waals surface area contributed by atoms with Crippen molar-refractivity contribution in [1.82, 2.24) is 14.3 Å². The number of aliphatic hydroxyl groups excluding tert-OH is 1. The van der Waals surface area contributed by atoms with Crippen LogP contribution in [-0.2, 0) is 29.5 Å². The third-order valence-corrected chi connectivity index (χ3v) is 11.4. The topological polar surface area (TPSA) is 144 Å². The van der Waals surface area contributed by atoms with Crippen molar-refractivity contribution in [2.75, 3.05) is 53.1 Å². The Balaban J connectivity index is 1.07. The van der Waals surface area contributed by atoms with Crippen molar-refractivity contribution in [2.24, 2.45) is 0 Å². The zero-order chi connectivity index (χ0) is 30.5. The summed E-state index contributed by atoms with van der Waals surface area (Å²) < 4.78 is 72.3. The number of ether oxygens (including phenoxy) is 3. The summed E-state index contributed by atoms with van der Waals surface area (Å²) >= 11 is 0. The summed E-state index contributed by atoms with van der Waals surface area (Å²) in [6.07, 6.45) is 1.10. The number of methoxy groups -OCH3 is 1. The van der Waals surface area contributed by atoms with Crippen LogP contribution in [0.5, 0.6) is 5.75 Å². The van der Waals surface area contributed by atoms with E-state index in [9.17, 15) is 21.9 Å². The molecule has 0 saturated carbocycles. The van der Waals surface area contributed by atoms with Crippen LogP contribution in [-0.4, -0.2) is 97.1 Å². The second kappa shape index (κ2) is 13.6. The molecule has 2 atom stereocenters. The number of piperidine rings is 1. The Morgan fingerprint density at radius 1 is 1.00 bits per heavy atom. The van der Waals surface area contributed by atoms with E-state index in [2.05, 4.69) is 10.0 Å². The third kappa shape index (κ3) is 7.73. The molecule has 11 nitrogen and oxygen atoms in total. The van der Waals surface area contributed by atoms with Crippen molar-refractivity contribution in [2.45, 2.75) is 46.8 Å². The van der Waals surface area contributed by atoms with Crippen LogP contribution in [0.3, 0.4) is 0 Å². The average molecular weight is 634 g/mol. The Hall–Kier alpha value is -2.62. The maximum atomic E-state index is 13.4. The number of hydrogen-bond acceptors (Lipinski definition) is 9. The van der Waals surface area contributed by atoms with Crippen LogP contribution in [0.2, 0.25) is 0 Å². The molecule has 3 aromatic rings. The number of nitrogens with one attached hydrogen (secondary N) is 2. The lowest BCUT2D eigenvalue weighted by Gasteiger charge is -2.38. The van der Waals surface area contributed by atoms with Gasteiger partial charge in [0.25, 0.3) is 0 Å². The quantitative estimate of drug-likeness (QED) is 0.241. The van der Waals surface area contributed by atoms with Gasteiger partial charge in [-0.15, -0.1) is 0 Å². The van der Waals surface area contributed by atoms with Gasteiger partial charge in [0.1, 0.15) is 18.5 Å². The van der Waals surface area contributed by atoms with E-state index in [0.29, 0.717) is 43.2 Å². The molecule has 2 aliphatic heterocycles. The first kappa shape index (κ1) is 31.8. The molecular formula is C30H39N3O8S2. The average Bonchev–Trinajstić information content (AvgIpc) is 3.41. The normalized spacial score (nSPS) is 20.0. The van der Waals surface area contributed by atoms with E-state index in [1.807, 2.05) is 30.3 Å². The molecule has 2 aliphatic rings. The number of benzene rings is 3. The van der Waals surface area contributed by atoms with Gasteiger partial charge >= 0.3 is 0 Å². The Kier molecular flexibility index (Phi) is 10.0. The molecule has 13 heteroatoms. The van der Waals surface area contributed by atoms with E-state index in [-0.39, 0.29) is 37.2 Å². The Morgan fingerprint density at radius 2 is 1.77 bits per heavy atom. The smallest absolute Gasteiger partial charge is 0.243 e. The summed E-state index contributed by atoms with van der Waals surface area (Å²) in [5.41, 5.74) is -0.391. The van der Waals surface area contributed by atoms with Crippen LogP contribution in [0.15, 0.2) is 76.5 Å². The van der Waals surface area contributed by atoms with E-state index in [1.165, 1.54) is 19.2 Å². The lowest BCUT2D eigenvalue weighted by molar-refractivity contribution is -0.0312. The van der Waals surface area contributed by atoms with Gasteiger partial charge in [-0.05, 0) is 54.3 Å². The van der Waals surface area contributed by atoms with E-state index in [4.69, 9.17) is 14.2 Å². The number of fused-ring (bicyclic) bond motifs is 1. The van der Waals surface area contributed by atoms with Gasteiger partial charge < -0.3 is 24.6 Å². The van der Waals surface area contributed by atoms with Crippen molar-refractivity contribution in [1.29, 1.82) is 0 Å². The van der Waals surface area contributed by atoms with Gasteiger partial charge in [0.2, 0.25) is 20.0 Å². The summed E-state index contributed by atoms with van der Waals surface area (Å²) in [7, 11) is -5.81. The van der Waals surface area contributed by atoms with Gasteiger partial charge in [0.05, 0.1) is 28.6 Å². The molecule has 2 heterocycles. The first-order valence-electron chi connectivity index (χ1n) is 14.4. The minimum atomic E-state index is -3.70. The minimum absolute atomic E-state index is 0.0185. The lowest BCUT2D eigenvalue weighted by atomic mass is 9.88. The molecule has 2 unspecified atom stereocenters. The minimum Gasteiger partial charge on any atom is -0.491 e. The fourth-order valence-electron chi connectivity index (χ4n) is 5.58. The van der Waals surface area contributed by atoms with Crippen LogP contribution in [0.4, 0.5) is 0 Å². The van der Waals surface area contributed by atoms with E-state index in [1.54, 1.807) is 28.6 Å². The maximum Gasteiger partial charge on any atom is 0.243 e. The highest BCUT2D eigenvalue weighted by Gasteiger charge is 2.44. The number of sulfonamides is 2. The number of hydrogen-bond donors (Lipinski definition) is 3. The molecule has 0 radical (unpaired) electrons. The highest BCUT2D eigenvalue weighted by Crippen LogP contribution is 2.37. The van der Waals surface area contributed by atoms with E-state index < -0.39 is 31.8 Å². The second-order valence-electron chi connectivity index (χ2n) is 11.0. The second-order valence-corrected chi connectivity index (χ2v) is 14.8. The summed E-state index contributed by atoms with van der Waals surface area (Å²) in [6.45, 7) is 1.90. The Labute approximate surface area is 253 Å². The van der Waals surface area contributed by atoms with Crippen molar-refractivity contribution in [3.05, 3.63) is 66.7 Å². The van der Waals surface area contributed by atoms with E-state index in [0.717, 1.165) is 17.2 Å². The van der Waals surface area contributed by atoms with Gasteiger partial charge in [0.15, 0.2) is 0 Å². The van der Waals surface area contributed by atoms with Crippen molar-refractivity contribution >= 4 is 30.8 Å². The number of nitrogens with zero attached hydrogens (tertiary/aromatic N) is 1. The molecule has 43 heavy (non-hydrogen) atoms. The van der Waals surface area contributed by atoms with Gasteiger partial charge in [0, 0.05) is 45.4 Å². The summed E-state index contributed by atoms with van der Waals surface area (Å²) in [5, 5.41) is 15.7. The van der Waals surface area contributed by atoms with Crippen LogP contribution >= 0.6 is 0 Å². The highest BCUT2D eigenvalue weighted by molar-refractivity contribution is 7.89. The molecule has 0 amide bonds. The van der Waals surface area contributed by atoms with Gasteiger partial charge in [-0.1, -0.05) is 36.4 Å². The molecule has 0 bridgehead atoms. The lowest BCUT2D eigenvalue weighted by Crippen LogP contribution is -2.47. The van der Waals surface area contributed by atoms with Gasteiger partial charge in [-0.3, -0.25) is 0 Å². The number of aliphatic hydroxyl groups is 1. The number of rotatable bonds is 13.